The molecule has 1 aliphatic heterocycles. The lowest BCUT2D eigenvalue weighted by Crippen LogP contribution is -2.68. The largest absolute Gasteiger partial charge is 0.456 e. The molecule has 0 unspecified atom stereocenters. The first-order chi connectivity index (χ1) is 11.7. The molecule has 1 N–H and O–H groups in total. The van der Waals surface area contributed by atoms with E-state index in [4.69, 9.17) is 9.47 Å². The van der Waals surface area contributed by atoms with Gasteiger partial charge >= 0.3 is 5.97 Å². The maximum Gasteiger partial charge on any atom is 0.339 e. The van der Waals surface area contributed by atoms with E-state index >= 15 is 0 Å². The molecule has 4 bridgehead atoms. The summed E-state index contributed by atoms with van der Waals surface area (Å²) in [5.41, 5.74) is -3.12. The molecule has 25 heavy (non-hydrogen) atoms. The van der Waals surface area contributed by atoms with Crippen molar-refractivity contribution in [1.29, 1.82) is 0 Å². The van der Waals surface area contributed by atoms with Crippen LogP contribution in [0.25, 0.3) is 0 Å². The Kier molecular flexibility index (Phi) is 2.69. The minimum atomic E-state index is -1.36. The highest BCUT2D eigenvalue weighted by Gasteiger charge is 2.82. The van der Waals surface area contributed by atoms with E-state index in [2.05, 4.69) is 13.5 Å². The van der Waals surface area contributed by atoms with Crippen LogP contribution in [0.2, 0.25) is 0 Å². The number of methoxy groups -OCH3 is 1. The third-order valence-corrected chi connectivity index (χ3v) is 8.99. The van der Waals surface area contributed by atoms with Gasteiger partial charge in [-0.1, -0.05) is 13.5 Å². The molecule has 5 nitrogen and oxygen atoms in total. The van der Waals surface area contributed by atoms with E-state index < -0.39 is 33.6 Å². The molecular weight excluding hydrogens is 320 g/mol. The van der Waals surface area contributed by atoms with Gasteiger partial charge in [-0.05, 0) is 51.4 Å². The van der Waals surface area contributed by atoms with Crippen LogP contribution in [0.4, 0.5) is 0 Å². The molecule has 5 heteroatoms. The average Bonchev–Trinajstić information content (AvgIpc) is 2.85. The van der Waals surface area contributed by atoms with Crippen molar-refractivity contribution in [2.45, 2.75) is 75.1 Å². The summed E-state index contributed by atoms with van der Waals surface area (Å²) in [5.74, 6) is -0.575. The van der Waals surface area contributed by atoms with Gasteiger partial charge in [0.1, 0.15) is 5.60 Å². The zero-order valence-electron chi connectivity index (χ0n) is 15.0. The highest BCUT2D eigenvalue weighted by atomic mass is 16.6. The molecular formula is C20H26O5. The SMILES string of the molecule is C=C1C(=O)[C@@]23CC[C@H]4[C@@]5(CCC[C@]4(O)C(=O)O5)[C@@]2(C)CC[C@@]1(OC)C3. The Morgan fingerprint density at radius 2 is 1.96 bits per heavy atom. The van der Waals surface area contributed by atoms with Crippen LogP contribution in [0.5, 0.6) is 0 Å². The molecule has 0 aromatic rings. The van der Waals surface area contributed by atoms with Gasteiger partial charge in [-0.2, -0.15) is 0 Å². The fourth-order valence-corrected chi connectivity index (χ4v) is 7.55. The zero-order valence-corrected chi connectivity index (χ0v) is 15.0. The maximum absolute atomic E-state index is 13.4. The van der Waals surface area contributed by atoms with Gasteiger partial charge in [-0.25, -0.2) is 4.79 Å². The number of ketones is 1. The summed E-state index contributed by atoms with van der Waals surface area (Å²) >= 11 is 0. The Bertz CT molecular complexity index is 730. The summed E-state index contributed by atoms with van der Waals surface area (Å²) in [6.45, 7) is 6.22. The van der Waals surface area contributed by atoms with Crippen LogP contribution in [0.1, 0.15) is 58.3 Å². The molecule has 0 radical (unpaired) electrons. The number of carbonyl (C=O) groups is 2. The molecule has 0 amide bonds. The van der Waals surface area contributed by atoms with Crippen molar-refractivity contribution in [3.8, 4) is 0 Å². The predicted octanol–water partition coefficient (Wildman–Crippen LogP) is 2.31. The summed E-state index contributed by atoms with van der Waals surface area (Å²) < 4.78 is 11.9. The van der Waals surface area contributed by atoms with E-state index in [9.17, 15) is 14.7 Å². The summed E-state index contributed by atoms with van der Waals surface area (Å²) in [5, 5.41) is 11.1. The zero-order chi connectivity index (χ0) is 17.9. The van der Waals surface area contributed by atoms with Crippen molar-refractivity contribution in [2.24, 2.45) is 16.7 Å². The number of carbonyl (C=O) groups excluding carboxylic acids is 2. The average molecular weight is 346 g/mol. The van der Waals surface area contributed by atoms with E-state index in [1.165, 1.54) is 0 Å². The Hall–Kier alpha value is -1.20. The van der Waals surface area contributed by atoms with Crippen LogP contribution in [-0.2, 0) is 19.1 Å². The van der Waals surface area contributed by atoms with E-state index in [0.717, 1.165) is 25.7 Å². The van der Waals surface area contributed by atoms with E-state index in [1.54, 1.807) is 7.11 Å². The van der Waals surface area contributed by atoms with E-state index in [-0.39, 0.29) is 11.7 Å². The van der Waals surface area contributed by atoms with Crippen LogP contribution in [-0.4, -0.2) is 40.8 Å². The van der Waals surface area contributed by atoms with Gasteiger partial charge < -0.3 is 14.6 Å². The van der Waals surface area contributed by atoms with Gasteiger partial charge in [0.25, 0.3) is 0 Å². The van der Waals surface area contributed by atoms with Gasteiger partial charge in [0.2, 0.25) is 0 Å². The number of ether oxygens (including phenoxy) is 2. The Morgan fingerprint density at radius 3 is 2.68 bits per heavy atom. The maximum atomic E-state index is 13.4. The molecule has 6 atom stereocenters. The number of rotatable bonds is 1. The third-order valence-electron chi connectivity index (χ3n) is 8.99. The summed E-state index contributed by atoms with van der Waals surface area (Å²) in [4.78, 5) is 26.1. The van der Waals surface area contributed by atoms with Crippen LogP contribution >= 0.6 is 0 Å². The number of hydrogen-bond donors (Lipinski definition) is 1. The minimum Gasteiger partial charge on any atom is -0.456 e. The summed E-state index contributed by atoms with van der Waals surface area (Å²) in [6, 6.07) is 0. The number of hydrogen-bond acceptors (Lipinski definition) is 5. The highest BCUT2D eigenvalue weighted by molar-refractivity contribution is 6.05. The lowest BCUT2D eigenvalue weighted by atomic mass is 9.40. The van der Waals surface area contributed by atoms with Crippen molar-refractivity contribution in [3.63, 3.8) is 0 Å². The molecule has 4 saturated carbocycles. The smallest absolute Gasteiger partial charge is 0.339 e. The molecule has 5 fully saturated rings. The molecule has 0 aromatic heterocycles. The van der Waals surface area contributed by atoms with Crippen molar-refractivity contribution in [2.75, 3.05) is 7.11 Å². The molecule has 5 aliphatic rings. The summed E-state index contributed by atoms with van der Waals surface area (Å²) in [6.07, 6.45) is 5.41. The molecule has 4 aliphatic carbocycles. The van der Waals surface area contributed by atoms with Crippen molar-refractivity contribution >= 4 is 11.8 Å². The second-order valence-corrected chi connectivity index (χ2v) is 9.25. The van der Waals surface area contributed by atoms with E-state index in [0.29, 0.717) is 31.3 Å². The molecule has 1 spiro atoms. The van der Waals surface area contributed by atoms with Crippen LogP contribution < -0.4 is 0 Å². The van der Waals surface area contributed by atoms with Gasteiger partial charge in [0.05, 0.1) is 5.60 Å². The van der Waals surface area contributed by atoms with Gasteiger partial charge in [0.15, 0.2) is 11.4 Å². The second-order valence-electron chi connectivity index (χ2n) is 9.25. The Morgan fingerprint density at radius 1 is 1.20 bits per heavy atom. The lowest BCUT2D eigenvalue weighted by Gasteiger charge is -2.64. The Balaban J connectivity index is 1.71. The van der Waals surface area contributed by atoms with Gasteiger partial charge in [-0.15, -0.1) is 0 Å². The first kappa shape index (κ1) is 16.0. The third kappa shape index (κ3) is 1.34. The Labute approximate surface area is 147 Å². The topological polar surface area (TPSA) is 72.8 Å². The normalized spacial score (nSPS) is 56.4. The number of Topliss-reactive ketones (excluding diaryl/α,β-unsaturated/α-hetero) is 1. The molecule has 136 valence electrons. The van der Waals surface area contributed by atoms with Crippen molar-refractivity contribution in [1.82, 2.24) is 0 Å². The molecule has 0 aromatic carbocycles. The number of esters is 1. The standard InChI is InChI=1S/C20H26O5/c1-12-14(21)17-8-5-13-19(23)6-4-7-20(13,25-15(19)22)16(17,2)9-10-18(12,11-17)24-3/h13,23H,1,4-11H2,2-3H3/t13-,16+,17+,18-,19-,20+/m1/s1. The van der Waals surface area contributed by atoms with Crippen molar-refractivity contribution < 1.29 is 24.2 Å². The quantitative estimate of drug-likeness (QED) is 0.583. The first-order valence-corrected chi connectivity index (χ1v) is 9.47. The van der Waals surface area contributed by atoms with Crippen LogP contribution in [0, 0.1) is 16.7 Å². The fourth-order valence-electron chi connectivity index (χ4n) is 7.55. The monoisotopic (exact) mass is 346 g/mol. The minimum absolute atomic E-state index is 0.0965. The van der Waals surface area contributed by atoms with E-state index in [1.807, 2.05) is 0 Å². The predicted molar refractivity (Wildman–Crippen MR) is 88.6 cm³/mol. The highest BCUT2D eigenvalue weighted by Crippen LogP contribution is 2.76. The molecule has 5 rings (SSSR count). The first-order valence-electron chi connectivity index (χ1n) is 9.47. The summed E-state index contributed by atoms with van der Waals surface area (Å²) in [7, 11) is 1.67. The number of aliphatic hydroxyl groups is 1. The van der Waals surface area contributed by atoms with Crippen LogP contribution in [0.15, 0.2) is 12.2 Å². The second kappa shape index (κ2) is 4.20. The lowest BCUT2D eigenvalue weighted by molar-refractivity contribution is -0.235. The van der Waals surface area contributed by atoms with Crippen LogP contribution in [0.3, 0.4) is 0 Å². The van der Waals surface area contributed by atoms with Gasteiger partial charge in [-0.3, -0.25) is 4.79 Å². The molecule has 1 saturated heterocycles. The van der Waals surface area contributed by atoms with Crippen molar-refractivity contribution in [3.05, 3.63) is 12.2 Å². The fraction of sp³-hybridized carbons (Fsp3) is 0.800. The van der Waals surface area contributed by atoms with Gasteiger partial charge in [0, 0.05) is 29.4 Å². The molecule has 1 heterocycles. The number of fused-ring (bicyclic) bond motifs is 1.